The van der Waals surface area contributed by atoms with E-state index in [-0.39, 0.29) is 65.2 Å². The Morgan fingerprint density at radius 2 is 1.79 bits per heavy atom. The Hall–Kier alpha value is -5.36. The fourth-order valence-electron chi connectivity index (χ4n) is 8.54. The Morgan fingerprint density at radius 3 is 2.52 bits per heavy atom. The molecule has 7 rings (SSSR count). The highest BCUT2D eigenvalue weighted by Crippen LogP contribution is 2.58. The van der Waals surface area contributed by atoms with Crippen LogP contribution in [0.5, 0.6) is 5.75 Å². The van der Waals surface area contributed by atoms with Gasteiger partial charge >= 0.3 is 13.5 Å². The van der Waals surface area contributed by atoms with Gasteiger partial charge in [0.1, 0.15) is 23.9 Å². The number of likely N-dealkylation sites (tertiary alicyclic amines) is 1. The molecule has 2 N–H and O–H groups in total. The van der Waals surface area contributed by atoms with Gasteiger partial charge < -0.3 is 28.9 Å². The van der Waals surface area contributed by atoms with Gasteiger partial charge in [0, 0.05) is 49.1 Å². The largest absolute Gasteiger partial charge is 0.465 e. The average Bonchev–Trinajstić information content (AvgIpc) is 4.00. The number of pyridine rings is 1. The molecule has 0 saturated carbocycles. The summed E-state index contributed by atoms with van der Waals surface area (Å²) in [6.07, 6.45) is 5.98. The van der Waals surface area contributed by atoms with E-state index >= 15 is 4.39 Å². The lowest BCUT2D eigenvalue weighted by Crippen LogP contribution is -2.56. The number of esters is 1. The van der Waals surface area contributed by atoms with Gasteiger partial charge in [-0.15, -0.1) is 11.3 Å². The predicted molar refractivity (Wildman–Crippen MR) is 228 cm³/mol. The van der Waals surface area contributed by atoms with Crippen molar-refractivity contribution in [3.63, 3.8) is 0 Å². The summed E-state index contributed by atoms with van der Waals surface area (Å²) in [5.74, 6) is -4.68. The zero-order valence-electron chi connectivity index (χ0n) is 34.3. The van der Waals surface area contributed by atoms with Gasteiger partial charge in [-0.05, 0) is 91.9 Å². The summed E-state index contributed by atoms with van der Waals surface area (Å²) in [6, 6.07) is 16.9. The second kappa shape index (κ2) is 18.7. The smallest absolute Gasteiger partial charge is 0.355 e. The van der Waals surface area contributed by atoms with E-state index in [0.29, 0.717) is 47.8 Å². The molecule has 3 saturated heterocycles. The zero-order valence-corrected chi connectivity index (χ0v) is 36.0. The molecule has 61 heavy (non-hydrogen) atoms. The van der Waals surface area contributed by atoms with E-state index in [4.69, 9.17) is 9.26 Å². The number of benzene rings is 2. The Labute approximate surface area is 357 Å². The van der Waals surface area contributed by atoms with Crippen molar-refractivity contribution in [2.24, 2.45) is 13.0 Å². The number of thiophene rings is 1. The molecule has 5 heterocycles. The summed E-state index contributed by atoms with van der Waals surface area (Å²) in [5, 5.41) is 16.0. The van der Waals surface area contributed by atoms with Gasteiger partial charge in [-0.3, -0.25) is 28.5 Å². The number of fused-ring (bicyclic) bond motifs is 2. The van der Waals surface area contributed by atoms with Gasteiger partial charge in [0.05, 0.1) is 23.5 Å². The first-order chi connectivity index (χ1) is 29.3. The number of halogens is 1. The molecule has 14 nitrogen and oxygen atoms in total. The molecule has 3 fully saturated rings. The van der Waals surface area contributed by atoms with Crippen LogP contribution in [0.3, 0.4) is 0 Å². The van der Waals surface area contributed by atoms with Crippen molar-refractivity contribution in [3.8, 4) is 11.8 Å². The highest BCUT2D eigenvalue weighted by Gasteiger charge is 2.48. The molecule has 0 aliphatic carbocycles. The van der Waals surface area contributed by atoms with Crippen LogP contribution in [0.1, 0.15) is 91.4 Å². The minimum atomic E-state index is -4.47. The number of carbonyl (C=O) groups is 4. The molecule has 3 unspecified atom stereocenters. The molecule has 322 valence electrons. The normalized spacial score (nSPS) is 23.5. The van der Waals surface area contributed by atoms with Crippen LogP contribution in [-0.4, -0.2) is 81.9 Å². The summed E-state index contributed by atoms with van der Waals surface area (Å²) in [6.45, 7) is 3.85. The molecule has 8 atom stereocenters. The molecular weight excluding hydrogens is 823 g/mol. The van der Waals surface area contributed by atoms with Crippen molar-refractivity contribution < 1.29 is 37.4 Å². The molecule has 2 aromatic heterocycles. The van der Waals surface area contributed by atoms with E-state index in [0.717, 1.165) is 24.2 Å². The quantitative estimate of drug-likeness (QED) is 0.110. The van der Waals surface area contributed by atoms with Crippen LogP contribution in [0.25, 0.3) is 10.1 Å². The van der Waals surface area contributed by atoms with Crippen molar-refractivity contribution in [2.75, 3.05) is 19.7 Å². The third-order valence-corrected chi connectivity index (χ3v) is 15.0. The standard InChI is InChI=1S/C44H50FN6O8PS/c1-4-20-58-44(56)27(2)48-60(57,59-33-11-6-5-7-12-33)40(45)29-14-17-37-30(21-29)22-38(61-37)41(53)47-35-13-9-8-10-32-15-16-36(51(32)42(35)54)43(55)50-25-31(24-46)34(26-50)28-18-19-49(3)39(52)23-28/h5-7,11-12,14,17-19,21-23,27,31-32,34-36,40H,4,8-10,13,15-16,20,25-26H2,1-3H3,(H,47,53)(H,48,57)/t27-,31+,32-,34-,35?,36-,40?,60?/m0/s1. The summed E-state index contributed by atoms with van der Waals surface area (Å²) in [7, 11) is -2.82. The lowest BCUT2D eigenvalue weighted by atomic mass is 9.91. The van der Waals surface area contributed by atoms with Crippen molar-refractivity contribution in [1.82, 2.24) is 24.8 Å². The number of nitrogens with one attached hydrogen (secondary N) is 2. The zero-order chi connectivity index (χ0) is 43.4. The topological polar surface area (TPSA) is 180 Å². The molecule has 0 spiro atoms. The van der Waals surface area contributed by atoms with Crippen LogP contribution in [-0.2, 0) is 30.7 Å². The van der Waals surface area contributed by atoms with Gasteiger partial charge in [-0.2, -0.15) is 5.26 Å². The van der Waals surface area contributed by atoms with Crippen molar-refractivity contribution >= 4 is 52.6 Å². The maximum atomic E-state index is 16.5. The number of nitriles is 1. The predicted octanol–water partition coefficient (Wildman–Crippen LogP) is 6.57. The van der Waals surface area contributed by atoms with E-state index in [1.54, 1.807) is 59.4 Å². The van der Waals surface area contributed by atoms with Gasteiger partial charge in [-0.25, -0.2) is 9.48 Å². The number of aryl methyl sites for hydroxylation is 1. The second-order valence-corrected chi connectivity index (χ2v) is 19.2. The Morgan fingerprint density at radius 1 is 1.02 bits per heavy atom. The van der Waals surface area contributed by atoms with Crippen LogP contribution in [0.2, 0.25) is 0 Å². The third kappa shape index (κ3) is 9.44. The van der Waals surface area contributed by atoms with Crippen molar-refractivity contribution in [3.05, 3.63) is 99.3 Å². The molecule has 3 aliphatic rings. The molecule has 0 bridgehead atoms. The third-order valence-electron chi connectivity index (χ3n) is 11.8. The van der Waals surface area contributed by atoms with Crippen LogP contribution >= 0.6 is 18.9 Å². The number of ether oxygens (including phenoxy) is 1. The molecule has 17 heteroatoms. The van der Waals surface area contributed by atoms with Gasteiger partial charge in [0.25, 0.3) is 11.5 Å². The van der Waals surface area contributed by atoms with E-state index in [1.165, 1.54) is 41.8 Å². The Bertz CT molecular complexity index is 2440. The minimum absolute atomic E-state index is 0.00238. The highest BCUT2D eigenvalue weighted by atomic mass is 32.1. The number of nitrogens with zero attached hydrogens (tertiary/aromatic N) is 4. The fourth-order valence-corrected chi connectivity index (χ4v) is 11.4. The first-order valence-electron chi connectivity index (χ1n) is 20.7. The van der Waals surface area contributed by atoms with E-state index < -0.39 is 49.4 Å². The summed E-state index contributed by atoms with van der Waals surface area (Å²) in [4.78, 5) is 71.0. The number of carbonyl (C=O) groups excluding carboxylic acids is 4. The van der Waals surface area contributed by atoms with Gasteiger partial charge in [0.2, 0.25) is 17.7 Å². The molecule has 0 radical (unpaired) electrons. The van der Waals surface area contributed by atoms with Gasteiger partial charge in [-0.1, -0.05) is 44.0 Å². The molecule has 3 aliphatic heterocycles. The Balaban J connectivity index is 1.07. The Kier molecular flexibility index (Phi) is 13.4. The maximum absolute atomic E-state index is 16.5. The van der Waals surface area contributed by atoms with Gasteiger partial charge in [0.15, 0.2) is 0 Å². The number of alkyl halides is 1. The number of hydrogen-bond acceptors (Lipinski definition) is 10. The second-order valence-electron chi connectivity index (χ2n) is 16.1. The molecule has 4 aromatic rings. The molecule has 2 aromatic carbocycles. The average molecular weight is 873 g/mol. The molecule has 3 amide bonds. The number of amides is 3. The summed E-state index contributed by atoms with van der Waals surface area (Å²) >= 11 is 1.16. The first kappa shape index (κ1) is 43.7. The van der Waals surface area contributed by atoms with Crippen LogP contribution < -0.4 is 20.5 Å². The lowest BCUT2D eigenvalue weighted by molar-refractivity contribution is -0.146. The molecular formula is C44H50FN6O8PS. The minimum Gasteiger partial charge on any atom is -0.465 e. The first-order valence-corrected chi connectivity index (χ1v) is 23.3. The van der Waals surface area contributed by atoms with Crippen molar-refractivity contribution in [1.29, 1.82) is 5.26 Å². The van der Waals surface area contributed by atoms with Crippen LogP contribution in [0.4, 0.5) is 4.39 Å². The van der Waals surface area contributed by atoms with Crippen LogP contribution in [0, 0.1) is 17.2 Å². The SMILES string of the molecule is CCCOC(=O)[C@H](C)NP(=O)(Oc1ccccc1)C(F)c1ccc2sc(C(=O)NC3CCCC[C@H]4CC[C@@H](C(=O)N5C[C@@H](C#N)[C@H](c6ccn(C)c(=O)c6)C5)N4C3=O)cc2c1. The number of aromatic nitrogens is 1. The van der Waals surface area contributed by atoms with E-state index in [1.807, 2.05) is 6.92 Å². The van der Waals surface area contributed by atoms with Crippen LogP contribution in [0.15, 0.2) is 77.7 Å². The monoisotopic (exact) mass is 872 g/mol. The maximum Gasteiger partial charge on any atom is 0.355 e. The lowest BCUT2D eigenvalue weighted by Gasteiger charge is -2.36. The number of hydrogen-bond donors (Lipinski definition) is 2. The highest BCUT2D eigenvalue weighted by molar-refractivity contribution is 7.57. The fraction of sp³-hybridized carbons (Fsp3) is 0.455. The number of para-hydroxylation sites is 1. The van der Waals surface area contributed by atoms with Crippen molar-refractivity contribution in [2.45, 2.75) is 94.8 Å². The summed E-state index contributed by atoms with van der Waals surface area (Å²) < 4.78 is 43.9. The van der Waals surface area contributed by atoms with E-state index in [2.05, 4.69) is 16.5 Å². The number of rotatable bonds is 13. The van der Waals surface area contributed by atoms with E-state index in [9.17, 15) is 33.8 Å². The summed E-state index contributed by atoms with van der Waals surface area (Å²) in [5.41, 5.74) is 0.503.